The fourth-order valence-corrected chi connectivity index (χ4v) is 5.56. The van der Waals surface area contributed by atoms with E-state index in [1.165, 1.54) is 30.5 Å². The van der Waals surface area contributed by atoms with E-state index in [1.54, 1.807) is 36.5 Å². The van der Waals surface area contributed by atoms with Crippen LogP contribution in [0.2, 0.25) is 0 Å². The van der Waals surface area contributed by atoms with E-state index in [-0.39, 0.29) is 16.6 Å². The Hall–Kier alpha value is -3.57. The van der Waals surface area contributed by atoms with Gasteiger partial charge in [0, 0.05) is 6.20 Å². The van der Waals surface area contributed by atoms with E-state index < -0.39 is 27.3 Å². The van der Waals surface area contributed by atoms with E-state index in [2.05, 4.69) is 9.97 Å². The first-order chi connectivity index (χ1) is 16.3. The van der Waals surface area contributed by atoms with Crippen LogP contribution in [0.15, 0.2) is 65.7 Å². The predicted octanol–water partition coefficient (Wildman–Crippen LogP) is 3.85. The largest absolute Gasteiger partial charge is 0.495 e. The van der Waals surface area contributed by atoms with E-state index in [0.29, 0.717) is 27.4 Å². The number of methoxy groups -OCH3 is 2. The fraction of sp³-hybridized carbons (Fsp3) is 0.174. The third-order valence-electron chi connectivity index (χ3n) is 4.96. The molecular weight excluding hydrogens is 481 g/mol. The monoisotopic (exact) mass is 501 g/mol. The second-order valence-electron chi connectivity index (χ2n) is 7.16. The molecule has 176 valence electrons. The third-order valence-corrected chi connectivity index (χ3v) is 7.67. The zero-order valence-corrected chi connectivity index (χ0v) is 19.9. The number of hydrogen-bond donors (Lipinski definition) is 0. The van der Waals surface area contributed by atoms with Crippen LogP contribution in [-0.2, 0) is 21.2 Å². The Labute approximate surface area is 199 Å². The summed E-state index contributed by atoms with van der Waals surface area (Å²) in [6.45, 7) is 0.00304. The summed E-state index contributed by atoms with van der Waals surface area (Å²) in [4.78, 5) is 23.3. The SMILES string of the molecule is COc1ccc(OC)c2sc(N(Cc3ccccn3)C(=O)CS(=O)(=O)c3ccc(F)cc3)nc12. The van der Waals surface area contributed by atoms with Gasteiger partial charge < -0.3 is 9.47 Å². The number of fused-ring (bicyclic) bond motifs is 1. The molecule has 34 heavy (non-hydrogen) atoms. The van der Waals surface area contributed by atoms with Crippen molar-refractivity contribution in [2.24, 2.45) is 0 Å². The van der Waals surface area contributed by atoms with Crippen LogP contribution in [0.4, 0.5) is 9.52 Å². The van der Waals surface area contributed by atoms with Crippen molar-refractivity contribution in [2.75, 3.05) is 24.9 Å². The first-order valence-electron chi connectivity index (χ1n) is 10.0. The Morgan fingerprint density at radius 2 is 1.74 bits per heavy atom. The van der Waals surface area contributed by atoms with Gasteiger partial charge in [-0.2, -0.15) is 0 Å². The molecule has 0 N–H and O–H groups in total. The normalized spacial score (nSPS) is 11.4. The van der Waals surface area contributed by atoms with Crippen LogP contribution in [0.5, 0.6) is 11.5 Å². The summed E-state index contributed by atoms with van der Waals surface area (Å²) in [6, 6.07) is 13.0. The summed E-state index contributed by atoms with van der Waals surface area (Å²) in [5.74, 6) is -1.06. The lowest BCUT2D eigenvalue weighted by Gasteiger charge is -2.19. The second-order valence-corrected chi connectivity index (χ2v) is 10.1. The molecule has 0 atom stereocenters. The summed E-state index contributed by atoms with van der Waals surface area (Å²) >= 11 is 1.17. The van der Waals surface area contributed by atoms with Crippen LogP contribution < -0.4 is 14.4 Å². The molecule has 4 rings (SSSR count). The number of anilines is 1. The van der Waals surface area contributed by atoms with Gasteiger partial charge in [0.05, 0.1) is 31.4 Å². The lowest BCUT2D eigenvalue weighted by molar-refractivity contribution is -0.116. The minimum atomic E-state index is -4.03. The minimum Gasteiger partial charge on any atom is -0.495 e. The molecule has 8 nitrogen and oxygen atoms in total. The maximum absolute atomic E-state index is 13.3. The number of sulfone groups is 1. The van der Waals surface area contributed by atoms with E-state index in [4.69, 9.17) is 9.47 Å². The Balaban J connectivity index is 1.75. The molecule has 0 radical (unpaired) electrons. The summed E-state index contributed by atoms with van der Waals surface area (Å²) < 4.78 is 50.5. The first-order valence-corrected chi connectivity index (χ1v) is 12.5. The average Bonchev–Trinajstić information content (AvgIpc) is 3.27. The van der Waals surface area contributed by atoms with Crippen molar-refractivity contribution in [1.82, 2.24) is 9.97 Å². The van der Waals surface area contributed by atoms with Crippen molar-refractivity contribution < 1.29 is 27.1 Å². The van der Waals surface area contributed by atoms with Gasteiger partial charge in [0.15, 0.2) is 15.0 Å². The number of hydrogen-bond acceptors (Lipinski definition) is 8. The van der Waals surface area contributed by atoms with Gasteiger partial charge in [0.2, 0.25) is 5.91 Å². The molecule has 0 saturated carbocycles. The maximum atomic E-state index is 13.3. The predicted molar refractivity (Wildman–Crippen MR) is 127 cm³/mol. The van der Waals surface area contributed by atoms with E-state index in [9.17, 15) is 17.6 Å². The number of ether oxygens (including phenoxy) is 2. The smallest absolute Gasteiger partial charge is 0.244 e. The fourth-order valence-electron chi connectivity index (χ4n) is 3.27. The molecule has 0 aliphatic carbocycles. The number of aromatic nitrogens is 2. The van der Waals surface area contributed by atoms with E-state index >= 15 is 0 Å². The Morgan fingerprint density at radius 1 is 1.03 bits per heavy atom. The zero-order valence-electron chi connectivity index (χ0n) is 18.3. The van der Waals surface area contributed by atoms with Crippen LogP contribution in [-0.4, -0.2) is 44.3 Å². The van der Waals surface area contributed by atoms with Crippen LogP contribution >= 0.6 is 11.3 Å². The highest BCUT2D eigenvalue weighted by atomic mass is 32.2. The zero-order chi connectivity index (χ0) is 24.3. The van der Waals surface area contributed by atoms with Crippen molar-refractivity contribution in [3.63, 3.8) is 0 Å². The van der Waals surface area contributed by atoms with Gasteiger partial charge in [-0.25, -0.2) is 17.8 Å². The number of halogens is 1. The second kappa shape index (κ2) is 9.74. The topological polar surface area (TPSA) is 98.7 Å². The van der Waals surface area contributed by atoms with Gasteiger partial charge in [-0.3, -0.25) is 14.7 Å². The average molecular weight is 502 g/mol. The Bertz CT molecular complexity index is 1380. The maximum Gasteiger partial charge on any atom is 0.244 e. The van der Waals surface area contributed by atoms with Crippen LogP contribution in [0.3, 0.4) is 0 Å². The molecule has 0 spiro atoms. The van der Waals surface area contributed by atoms with Gasteiger partial charge in [-0.15, -0.1) is 0 Å². The minimum absolute atomic E-state index is 0.00304. The van der Waals surface area contributed by atoms with Crippen molar-refractivity contribution >= 4 is 42.4 Å². The van der Waals surface area contributed by atoms with Crippen molar-refractivity contribution in [3.8, 4) is 11.5 Å². The number of rotatable bonds is 8. The van der Waals surface area contributed by atoms with Gasteiger partial charge >= 0.3 is 0 Å². The molecule has 0 aliphatic heterocycles. The van der Waals surface area contributed by atoms with Crippen LogP contribution in [0.25, 0.3) is 10.2 Å². The highest BCUT2D eigenvalue weighted by Crippen LogP contribution is 2.40. The number of pyridine rings is 1. The highest BCUT2D eigenvalue weighted by molar-refractivity contribution is 7.92. The summed E-state index contributed by atoms with van der Waals surface area (Å²) in [5, 5.41) is 0.266. The van der Waals surface area contributed by atoms with E-state index in [0.717, 1.165) is 24.3 Å². The van der Waals surface area contributed by atoms with Gasteiger partial charge in [0.1, 0.15) is 33.3 Å². The number of benzene rings is 2. The molecule has 2 aromatic carbocycles. The standard InChI is InChI=1S/C23H20FN3O5S2/c1-31-18-10-11-19(32-2)22-21(18)26-23(33-22)27(13-16-5-3-4-12-25-16)20(28)14-34(29,30)17-8-6-15(24)7-9-17/h3-12H,13-14H2,1-2H3. The molecule has 2 aromatic heterocycles. The van der Waals surface area contributed by atoms with Crippen molar-refractivity contribution in [2.45, 2.75) is 11.4 Å². The molecule has 1 amide bonds. The molecular formula is C23H20FN3O5S2. The Morgan fingerprint density at radius 3 is 2.38 bits per heavy atom. The Kier molecular flexibility index (Phi) is 6.75. The van der Waals surface area contributed by atoms with Crippen LogP contribution in [0.1, 0.15) is 5.69 Å². The molecule has 0 fully saturated rings. The summed E-state index contributed by atoms with van der Waals surface area (Å²) in [5.41, 5.74) is 1.04. The molecule has 0 bridgehead atoms. The van der Waals surface area contributed by atoms with Crippen LogP contribution in [0, 0.1) is 5.82 Å². The lowest BCUT2D eigenvalue weighted by atomic mass is 10.3. The number of thiazole rings is 1. The molecule has 0 saturated heterocycles. The van der Waals surface area contributed by atoms with Gasteiger partial charge in [0.25, 0.3) is 0 Å². The summed E-state index contributed by atoms with van der Waals surface area (Å²) in [7, 11) is -1.00. The molecule has 0 aliphatic rings. The van der Waals surface area contributed by atoms with Gasteiger partial charge in [-0.1, -0.05) is 17.4 Å². The molecule has 2 heterocycles. The number of nitrogens with zero attached hydrogens (tertiary/aromatic N) is 3. The number of carbonyl (C=O) groups excluding carboxylic acids is 1. The molecule has 0 unspecified atom stereocenters. The quantitative estimate of drug-likeness (QED) is 0.338. The highest BCUT2D eigenvalue weighted by Gasteiger charge is 2.28. The molecule has 4 aromatic rings. The van der Waals surface area contributed by atoms with Crippen molar-refractivity contribution in [3.05, 3.63) is 72.3 Å². The third kappa shape index (κ3) is 4.85. The van der Waals surface area contributed by atoms with E-state index in [1.807, 2.05) is 0 Å². The van der Waals surface area contributed by atoms with Gasteiger partial charge in [-0.05, 0) is 48.5 Å². The number of amides is 1. The lowest BCUT2D eigenvalue weighted by Crippen LogP contribution is -2.35. The molecule has 11 heteroatoms. The number of carbonyl (C=O) groups is 1. The van der Waals surface area contributed by atoms with Crippen molar-refractivity contribution in [1.29, 1.82) is 0 Å². The first kappa shape index (κ1) is 23.6. The summed E-state index contributed by atoms with van der Waals surface area (Å²) in [6.07, 6.45) is 1.58.